The number of nitrogens with one attached hydrogen (secondary N) is 1. The predicted octanol–water partition coefficient (Wildman–Crippen LogP) is 3.79. The molecule has 8 heteroatoms. The lowest BCUT2D eigenvalue weighted by Gasteiger charge is -2.24. The standard InChI is InChI=1S/C28H28N4O4/c1-19-16-25(33)30-31-26(19)22-12-14-23(15-13-22)32(28(35)36-18-21-10-6-3-7-11-21)27(34)24(29)17-20-8-4-2-5-9-20/h2-15,19,24H,16-18,29H2,1H3,(H,30,33)/t19?,24-/m0/s1. The fourth-order valence-electron chi connectivity index (χ4n) is 4.01. The van der Waals surface area contributed by atoms with Crippen molar-refractivity contribution < 1.29 is 19.1 Å². The highest BCUT2D eigenvalue weighted by Gasteiger charge is 2.30. The highest BCUT2D eigenvalue weighted by Crippen LogP contribution is 2.22. The number of carbonyl (C=O) groups excluding carboxylic acids is 3. The van der Waals surface area contributed by atoms with Gasteiger partial charge in [0, 0.05) is 12.3 Å². The van der Waals surface area contributed by atoms with Gasteiger partial charge in [-0.05, 0) is 35.2 Å². The van der Waals surface area contributed by atoms with Gasteiger partial charge in [0.1, 0.15) is 6.61 Å². The van der Waals surface area contributed by atoms with Crippen LogP contribution in [-0.2, 0) is 27.4 Å². The Morgan fingerprint density at radius 3 is 2.22 bits per heavy atom. The Kier molecular flexibility index (Phi) is 7.87. The fraction of sp³-hybridized carbons (Fsp3) is 0.214. The molecule has 0 aromatic heterocycles. The number of nitrogens with zero attached hydrogens (tertiary/aromatic N) is 2. The molecule has 0 aliphatic carbocycles. The van der Waals surface area contributed by atoms with Gasteiger partial charge in [-0.1, -0.05) is 79.7 Å². The highest BCUT2D eigenvalue weighted by atomic mass is 16.6. The first-order chi connectivity index (χ1) is 17.4. The SMILES string of the molecule is CC1CC(=O)NN=C1c1ccc(N(C(=O)OCc2ccccc2)C(=O)[C@@H](N)Cc2ccccc2)cc1. The van der Waals surface area contributed by atoms with Gasteiger partial charge in [-0.15, -0.1) is 0 Å². The number of imide groups is 1. The first-order valence-corrected chi connectivity index (χ1v) is 11.7. The van der Waals surface area contributed by atoms with Gasteiger partial charge in [0.15, 0.2) is 0 Å². The lowest BCUT2D eigenvalue weighted by Crippen LogP contribution is -2.48. The third kappa shape index (κ3) is 6.03. The number of anilines is 1. The number of rotatable bonds is 7. The number of carbonyl (C=O) groups is 3. The summed E-state index contributed by atoms with van der Waals surface area (Å²) in [6, 6.07) is 24.5. The largest absolute Gasteiger partial charge is 0.444 e. The Hall–Kier alpha value is -4.30. The lowest BCUT2D eigenvalue weighted by molar-refractivity contribution is -0.122. The van der Waals surface area contributed by atoms with Crippen LogP contribution in [0.1, 0.15) is 30.0 Å². The summed E-state index contributed by atoms with van der Waals surface area (Å²) in [6.07, 6.45) is -0.199. The first kappa shape index (κ1) is 24.8. The molecule has 184 valence electrons. The number of benzene rings is 3. The van der Waals surface area contributed by atoms with Gasteiger partial charge in [0.2, 0.25) is 5.91 Å². The Balaban J connectivity index is 1.57. The number of nitrogens with two attached hydrogens (primary N) is 1. The summed E-state index contributed by atoms with van der Waals surface area (Å²) in [6.45, 7) is 1.94. The zero-order valence-corrected chi connectivity index (χ0v) is 20.0. The zero-order valence-electron chi connectivity index (χ0n) is 20.0. The maximum Gasteiger partial charge on any atom is 0.421 e. The molecule has 3 aromatic rings. The van der Waals surface area contributed by atoms with Crippen LogP contribution in [0.5, 0.6) is 0 Å². The molecule has 3 aromatic carbocycles. The topological polar surface area (TPSA) is 114 Å². The minimum absolute atomic E-state index is 0.0173. The molecule has 0 bridgehead atoms. The summed E-state index contributed by atoms with van der Waals surface area (Å²) in [5.41, 5.74) is 12.3. The predicted molar refractivity (Wildman–Crippen MR) is 137 cm³/mol. The number of ether oxygens (including phenoxy) is 1. The molecule has 1 aliphatic heterocycles. The molecule has 0 radical (unpaired) electrons. The molecule has 4 rings (SSSR count). The second-order valence-electron chi connectivity index (χ2n) is 8.69. The second kappa shape index (κ2) is 11.4. The Morgan fingerprint density at radius 2 is 1.61 bits per heavy atom. The van der Waals surface area contributed by atoms with Crippen LogP contribution in [-0.4, -0.2) is 29.7 Å². The molecule has 0 saturated carbocycles. The van der Waals surface area contributed by atoms with Gasteiger partial charge in [0.25, 0.3) is 5.91 Å². The van der Waals surface area contributed by atoms with Gasteiger partial charge in [-0.3, -0.25) is 9.59 Å². The van der Waals surface area contributed by atoms with Crippen LogP contribution in [0.4, 0.5) is 10.5 Å². The second-order valence-corrected chi connectivity index (χ2v) is 8.69. The fourth-order valence-corrected chi connectivity index (χ4v) is 4.01. The van der Waals surface area contributed by atoms with Crippen molar-refractivity contribution in [3.05, 3.63) is 102 Å². The molecular formula is C28H28N4O4. The minimum atomic E-state index is -0.950. The van der Waals surface area contributed by atoms with Gasteiger partial charge in [-0.25, -0.2) is 15.1 Å². The molecule has 3 N–H and O–H groups in total. The van der Waals surface area contributed by atoms with Crippen molar-refractivity contribution in [2.75, 3.05) is 4.90 Å². The van der Waals surface area contributed by atoms with Crippen molar-refractivity contribution in [3.8, 4) is 0 Å². The van der Waals surface area contributed by atoms with Crippen LogP contribution in [0.2, 0.25) is 0 Å². The van der Waals surface area contributed by atoms with Crippen LogP contribution in [0.25, 0.3) is 0 Å². The number of amides is 3. The number of hydrogen-bond acceptors (Lipinski definition) is 6. The smallest absolute Gasteiger partial charge is 0.421 e. The molecule has 1 heterocycles. The molecule has 1 unspecified atom stereocenters. The summed E-state index contributed by atoms with van der Waals surface area (Å²) in [7, 11) is 0. The van der Waals surface area contributed by atoms with E-state index < -0.39 is 18.0 Å². The third-order valence-corrected chi connectivity index (χ3v) is 5.90. The van der Waals surface area contributed by atoms with Crippen LogP contribution in [0.3, 0.4) is 0 Å². The minimum Gasteiger partial charge on any atom is -0.444 e. The van der Waals surface area contributed by atoms with Crippen molar-refractivity contribution in [1.29, 1.82) is 0 Å². The maximum absolute atomic E-state index is 13.4. The molecule has 2 atom stereocenters. The van der Waals surface area contributed by atoms with Gasteiger partial charge in [0.05, 0.1) is 17.4 Å². The van der Waals surface area contributed by atoms with Gasteiger partial charge >= 0.3 is 6.09 Å². The molecular weight excluding hydrogens is 456 g/mol. The Bertz CT molecular complexity index is 1240. The monoisotopic (exact) mass is 484 g/mol. The molecule has 0 saturated heterocycles. The maximum atomic E-state index is 13.4. The molecule has 36 heavy (non-hydrogen) atoms. The molecule has 0 fully saturated rings. The average molecular weight is 485 g/mol. The molecule has 1 aliphatic rings. The van der Waals surface area contributed by atoms with Gasteiger partial charge in [-0.2, -0.15) is 5.10 Å². The van der Waals surface area contributed by atoms with Gasteiger partial charge < -0.3 is 10.5 Å². The number of hydrazone groups is 1. The first-order valence-electron chi connectivity index (χ1n) is 11.7. The van der Waals surface area contributed by atoms with Crippen molar-refractivity contribution in [1.82, 2.24) is 5.43 Å². The van der Waals surface area contributed by atoms with Crippen LogP contribution in [0.15, 0.2) is 90.0 Å². The van der Waals surface area contributed by atoms with E-state index in [0.717, 1.165) is 27.3 Å². The zero-order chi connectivity index (χ0) is 25.5. The van der Waals surface area contributed by atoms with E-state index in [1.54, 1.807) is 24.3 Å². The van der Waals surface area contributed by atoms with E-state index in [4.69, 9.17) is 10.5 Å². The summed E-state index contributed by atoms with van der Waals surface area (Å²) < 4.78 is 5.48. The van der Waals surface area contributed by atoms with Crippen molar-refractivity contribution >= 4 is 29.3 Å². The summed E-state index contributed by atoms with van der Waals surface area (Å²) in [5, 5.41) is 4.17. The number of hydrogen-bond donors (Lipinski definition) is 2. The average Bonchev–Trinajstić information content (AvgIpc) is 2.89. The van der Waals surface area contributed by atoms with Crippen molar-refractivity contribution in [3.63, 3.8) is 0 Å². The summed E-state index contributed by atoms with van der Waals surface area (Å²) >= 11 is 0. The van der Waals surface area contributed by atoms with Crippen LogP contribution < -0.4 is 16.1 Å². The van der Waals surface area contributed by atoms with Crippen LogP contribution >= 0.6 is 0 Å². The highest BCUT2D eigenvalue weighted by molar-refractivity contribution is 6.14. The quantitative estimate of drug-likeness (QED) is 0.530. The van der Waals surface area contributed by atoms with E-state index in [9.17, 15) is 14.4 Å². The van der Waals surface area contributed by atoms with E-state index in [1.165, 1.54) is 0 Å². The van der Waals surface area contributed by atoms with E-state index in [0.29, 0.717) is 12.1 Å². The van der Waals surface area contributed by atoms with E-state index in [-0.39, 0.29) is 24.9 Å². The van der Waals surface area contributed by atoms with Crippen molar-refractivity contribution in [2.24, 2.45) is 16.8 Å². The lowest BCUT2D eigenvalue weighted by atomic mass is 9.94. The summed E-state index contributed by atoms with van der Waals surface area (Å²) in [4.78, 5) is 39.1. The summed E-state index contributed by atoms with van der Waals surface area (Å²) in [5.74, 6) is -0.758. The van der Waals surface area contributed by atoms with Crippen LogP contribution in [0, 0.1) is 5.92 Å². The van der Waals surface area contributed by atoms with E-state index in [2.05, 4.69) is 10.5 Å². The third-order valence-electron chi connectivity index (χ3n) is 5.90. The van der Waals surface area contributed by atoms with E-state index in [1.807, 2.05) is 67.6 Å². The Labute approximate surface area is 209 Å². The Morgan fingerprint density at radius 1 is 1.00 bits per heavy atom. The molecule has 8 nitrogen and oxygen atoms in total. The molecule has 0 spiro atoms. The normalized spacial score (nSPS) is 15.9. The van der Waals surface area contributed by atoms with E-state index >= 15 is 0 Å². The molecule has 3 amide bonds. The van der Waals surface area contributed by atoms with Crippen molar-refractivity contribution in [2.45, 2.75) is 32.4 Å².